The zero-order chi connectivity index (χ0) is 18.2. The molecule has 0 unspecified atom stereocenters. The Labute approximate surface area is 152 Å². The van der Waals surface area contributed by atoms with Gasteiger partial charge in [0.2, 0.25) is 5.91 Å². The number of benzene rings is 1. The lowest BCUT2D eigenvalue weighted by Crippen LogP contribution is -2.31. The fourth-order valence-corrected chi connectivity index (χ4v) is 2.52. The maximum Gasteiger partial charge on any atom is 0.238 e. The van der Waals surface area contributed by atoms with Crippen molar-refractivity contribution < 1.29 is 14.3 Å². The predicted molar refractivity (Wildman–Crippen MR) is 98.6 cm³/mol. The number of carbonyl (C=O) groups is 1. The van der Waals surface area contributed by atoms with Crippen molar-refractivity contribution in [3.05, 3.63) is 47.2 Å². The summed E-state index contributed by atoms with van der Waals surface area (Å²) in [5, 5.41) is 3.04. The third kappa shape index (κ3) is 5.62. The molecular weight excluding hydrogens is 342 g/mol. The van der Waals surface area contributed by atoms with Crippen molar-refractivity contribution in [1.29, 1.82) is 0 Å². The lowest BCUT2D eigenvalue weighted by molar-refractivity contribution is -0.117. The molecule has 0 atom stereocenters. The van der Waals surface area contributed by atoms with Crippen molar-refractivity contribution in [1.82, 2.24) is 9.88 Å². The Bertz CT molecular complexity index is 724. The second-order valence-electron chi connectivity index (χ2n) is 5.57. The van der Waals surface area contributed by atoms with Gasteiger partial charge < -0.3 is 14.8 Å². The van der Waals surface area contributed by atoms with Gasteiger partial charge in [-0.1, -0.05) is 17.7 Å². The van der Waals surface area contributed by atoms with Crippen LogP contribution in [-0.2, 0) is 11.2 Å². The van der Waals surface area contributed by atoms with Crippen LogP contribution >= 0.6 is 11.6 Å². The Morgan fingerprint density at radius 3 is 2.68 bits per heavy atom. The molecule has 2 aromatic rings. The number of methoxy groups -OCH3 is 2. The molecule has 1 aromatic heterocycles. The summed E-state index contributed by atoms with van der Waals surface area (Å²) < 4.78 is 10.5. The molecule has 0 aliphatic carbocycles. The number of hydrogen-bond donors (Lipinski definition) is 1. The summed E-state index contributed by atoms with van der Waals surface area (Å²) in [4.78, 5) is 18.0. The van der Waals surface area contributed by atoms with E-state index in [0.29, 0.717) is 17.2 Å². The standard InChI is InChI=1S/C18H22ClN3O3/c1-22(12-17(23)21-14-5-4-9-20-18(14)19)10-8-13-6-7-15(24-2)16(11-13)25-3/h4-7,9,11H,8,10,12H2,1-3H3,(H,21,23). The Balaban J connectivity index is 1.85. The van der Waals surface area contributed by atoms with Crippen molar-refractivity contribution >= 4 is 23.2 Å². The molecule has 1 heterocycles. The lowest BCUT2D eigenvalue weighted by Gasteiger charge is -2.17. The van der Waals surface area contributed by atoms with Gasteiger partial charge in [0.1, 0.15) is 0 Å². The van der Waals surface area contributed by atoms with Crippen molar-refractivity contribution in [3.63, 3.8) is 0 Å². The topological polar surface area (TPSA) is 63.7 Å². The number of carbonyl (C=O) groups excluding carboxylic acids is 1. The van der Waals surface area contributed by atoms with E-state index in [1.165, 1.54) is 0 Å². The van der Waals surface area contributed by atoms with Gasteiger partial charge in [0, 0.05) is 12.7 Å². The van der Waals surface area contributed by atoms with Crippen molar-refractivity contribution in [2.75, 3.05) is 39.7 Å². The van der Waals surface area contributed by atoms with Crippen LogP contribution in [-0.4, -0.2) is 50.1 Å². The van der Waals surface area contributed by atoms with E-state index in [1.807, 2.05) is 30.1 Å². The van der Waals surface area contributed by atoms with E-state index in [9.17, 15) is 4.79 Å². The van der Waals surface area contributed by atoms with Crippen LogP contribution < -0.4 is 14.8 Å². The molecule has 0 saturated carbocycles. The van der Waals surface area contributed by atoms with Gasteiger partial charge in [-0.25, -0.2) is 4.98 Å². The van der Waals surface area contributed by atoms with Gasteiger partial charge in [-0.15, -0.1) is 0 Å². The number of hydrogen-bond acceptors (Lipinski definition) is 5. The van der Waals surface area contributed by atoms with Crippen LogP contribution in [0.15, 0.2) is 36.5 Å². The number of rotatable bonds is 8. The van der Waals surface area contributed by atoms with E-state index < -0.39 is 0 Å². The molecule has 0 fully saturated rings. The maximum atomic E-state index is 12.1. The molecule has 0 saturated heterocycles. The molecule has 0 aliphatic heterocycles. The third-order valence-corrected chi connectivity index (χ3v) is 3.98. The zero-order valence-electron chi connectivity index (χ0n) is 14.6. The number of anilines is 1. The molecule has 7 heteroatoms. The van der Waals surface area contributed by atoms with E-state index in [2.05, 4.69) is 10.3 Å². The number of nitrogens with one attached hydrogen (secondary N) is 1. The minimum absolute atomic E-state index is 0.135. The number of amides is 1. The fourth-order valence-electron chi connectivity index (χ4n) is 2.35. The minimum atomic E-state index is -0.135. The van der Waals surface area contributed by atoms with Gasteiger partial charge in [-0.2, -0.15) is 0 Å². The first-order valence-corrected chi connectivity index (χ1v) is 8.21. The van der Waals surface area contributed by atoms with E-state index in [-0.39, 0.29) is 17.6 Å². The summed E-state index contributed by atoms with van der Waals surface area (Å²) >= 11 is 5.94. The van der Waals surface area contributed by atoms with Crippen LogP contribution in [0.4, 0.5) is 5.69 Å². The van der Waals surface area contributed by atoms with Gasteiger partial charge in [-0.3, -0.25) is 9.69 Å². The van der Waals surface area contributed by atoms with E-state index in [0.717, 1.165) is 18.5 Å². The molecule has 1 N–H and O–H groups in total. The molecule has 1 aromatic carbocycles. The highest BCUT2D eigenvalue weighted by molar-refractivity contribution is 6.32. The molecule has 6 nitrogen and oxygen atoms in total. The molecule has 134 valence electrons. The molecule has 0 aliphatic rings. The Morgan fingerprint density at radius 2 is 2.00 bits per heavy atom. The van der Waals surface area contributed by atoms with Gasteiger partial charge in [0.25, 0.3) is 0 Å². The number of halogens is 1. The second kappa shape index (κ2) is 9.25. The third-order valence-electron chi connectivity index (χ3n) is 3.68. The van der Waals surface area contributed by atoms with Gasteiger partial charge in [0.05, 0.1) is 26.5 Å². The molecule has 1 amide bonds. The highest BCUT2D eigenvalue weighted by Crippen LogP contribution is 2.27. The van der Waals surface area contributed by atoms with Gasteiger partial charge >= 0.3 is 0 Å². The van der Waals surface area contributed by atoms with Crippen LogP contribution in [0.1, 0.15) is 5.56 Å². The van der Waals surface area contributed by atoms with Crippen LogP contribution in [0.25, 0.3) is 0 Å². The molecular formula is C18H22ClN3O3. The largest absolute Gasteiger partial charge is 0.493 e. The summed E-state index contributed by atoms with van der Waals surface area (Å²) in [6, 6.07) is 9.26. The average Bonchev–Trinajstić information content (AvgIpc) is 2.61. The second-order valence-corrected chi connectivity index (χ2v) is 5.93. The van der Waals surface area contributed by atoms with Crippen molar-refractivity contribution in [2.24, 2.45) is 0 Å². The van der Waals surface area contributed by atoms with Crippen LogP contribution in [0.5, 0.6) is 11.5 Å². The lowest BCUT2D eigenvalue weighted by atomic mass is 10.1. The number of likely N-dealkylation sites (N-methyl/N-ethyl adjacent to an activating group) is 1. The highest BCUT2D eigenvalue weighted by atomic mass is 35.5. The number of ether oxygens (including phenoxy) is 2. The molecule has 0 radical (unpaired) electrons. The summed E-state index contributed by atoms with van der Waals surface area (Å²) in [5.41, 5.74) is 1.63. The van der Waals surface area contributed by atoms with Crippen LogP contribution in [0.2, 0.25) is 5.15 Å². The molecule has 25 heavy (non-hydrogen) atoms. The minimum Gasteiger partial charge on any atom is -0.493 e. The quantitative estimate of drug-likeness (QED) is 0.731. The number of nitrogens with zero attached hydrogens (tertiary/aromatic N) is 2. The van der Waals surface area contributed by atoms with E-state index >= 15 is 0 Å². The summed E-state index contributed by atoms with van der Waals surface area (Å²) in [5.74, 6) is 1.27. The Hall–Kier alpha value is -2.31. The normalized spacial score (nSPS) is 10.6. The van der Waals surface area contributed by atoms with Gasteiger partial charge in [-0.05, 0) is 43.3 Å². The van der Waals surface area contributed by atoms with Crippen LogP contribution in [0.3, 0.4) is 0 Å². The highest BCUT2D eigenvalue weighted by Gasteiger charge is 2.10. The molecule has 0 bridgehead atoms. The van der Waals surface area contributed by atoms with E-state index in [4.69, 9.17) is 21.1 Å². The zero-order valence-corrected chi connectivity index (χ0v) is 15.3. The van der Waals surface area contributed by atoms with Gasteiger partial charge in [0.15, 0.2) is 16.7 Å². The Morgan fingerprint density at radius 1 is 1.24 bits per heavy atom. The molecule has 0 spiro atoms. The first kappa shape index (κ1) is 19.0. The van der Waals surface area contributed by atoms with Crippen molar-refractivity contribution in [2.45, 2.75) is 6.42 Å². The number of aromatic nitrogens is 1. The summed E-state index contributed by atoms with van der Waals surface area (Å²) in [6.45, 7) is 0.988. The average molecular weight is 364 g/mol. The van der Waals surface area contributed by atoms with E-state index in [1.54, 1.807) is 32.5 Å². The maximum absolute atomic E-state index is 12.1. The SMILES string of the molecule is COc1ccc(CCN(C)CC(=O)Nc2cccnc2Cl)cc1OC. The summed E-state index contributed by atoms with van der Waals surface area (Å²) in [6.07, 6.45) is 2.37. The fraction of sp³-hybridized carbons (Fsp3) is 0.333. The molecule has 2 rings (SSSR count). The first-order valence-electron chi connectivity index (χ1n) is 7.83. The number of pyridine rings is 1. The first-order chi connectivity index (χ1) is 12.0. The monoisotopic (exact) mass is 363 g/mol. The summed E-state index contributed by atoms with van der Waals surface area (Å²) in [7, 11) is 5.12. The predicted octanol–water partition coefficient (Wildman–Crippen LogP) is 2.87. The van der Waals surface area contributed by atoms with Crippen LogP contribution in [0, 0.1) is 0 Å². The Kier molecular flexibility index (Phi) is 7.03. The smallest absolute Gasteiger partial charge is 0.238 e. The van der Waals surface area contributed by atoms with Crippen molar-refractivity contribution in [3.8, 4) is 11.5 Å².